The maximum Gasteiger partial charge on any atom is 0.238 e. The number of hydrogen-bond donors (Lipinski definition) is 1. The van der Waals surface area contributed by atoms with Crippen LogP contribution in [0.15, 0.2) is 36.1 Å². The SMILES string of the molecule is C=C/C=C\C1=C(C)CCNN1C(C)=O. The van der Waals surface area contributed by atoms with E-state index in [2.05, 4.69) is 12.0 Å². The molecular formula is C11H16N2O. The molecule has 0 atom stereocenters. The molecule has 0 aromatic carbocycles. The Hall–Kier alpha value is -1.35. The summed E-state index contributed by atoms with van der Waals surface area (Å²) >= 11 is 0. The summed E-state index contributed by atoms with van der Waals surface area (Å²) in [5.41, 5.74) is 5.20. The quantitative estimate of drug-likeness (QED) is 0.676. The first-order valence-corrected chi connectivity index (χ1v) is 4.70. The van der Waals surface area contributed by atoms with Crippen LogP contribution >= 0.6 is 0 Å². The van der Waals surface area contributed by atoms with Crippen molar-refractivity contribution < 1.29 is 4.79 Å². The minimum Gasteiger partial charge on any atom is -0.273 e. The van der Waals surface area contributed by atoms with Crippen molar-refractivity contribution in [2.75, 3.05) is 6.54 Å². The fourth-order valence-electron chi connectivity index (χ4n) is 1.42. The lowest BCUT2D eigenvalue weighted by atomic mass is 10.1. The zero-order valence-corrected chi connectivity index (χ0v) is 8.71. The second-order valence-corrected chi connectivity index (χ2v) is 3.27. The molecule has 0 aromatic heterocycles. The van der Waals surface area contributed by atoms with Crippen molar-refractivity contribution >= 4 is 5.91 Å². The Morgan fingerprint density at radius 1 is 1.64 bits per heavy atom. The van der Waals surface area contributed by atoms with Crippen LogP contribution in [0.4, 0.5) is 0 Å². The van der Waals surface area contributed by atoms with Crippen molar-refractivity contribution in [2.24, 2.45) is 0 Å². The molecule has 1 heterocycles. The third-order valence-electron chi connectivity index (χ3n) is 2.15. The summed E-state index contributed by atoms with van der Waals surface area (Å²) in [6.45, 7) is 8.01. The van der Waals surface area contributed by atoms with Crippen molar-refractivity contribution in [1.29, 1.82) is 0 Å². The molecule has 0 aliphatic carbocycles. The molecule has 0 saturated carbocycles. The Kier molecular flexibility index (Phi) is 3.65. The zero-order chi connectivity index (χ0) is 10.6. The minimum atomic E-state index is 0.00719. The highest BCUT2D eigenvalue weighted by atomic mass is 16.2. The molecule has 0 unspecified atom stereocenters. The van der Waals surface area contributed by atoms with Crippen molar-refractivity contribution in [2.45, 2.75) is 20.3 Å². The topological polar surface area (TPSA) is 32.3 Å². The van der Waals surface area contributed by atoms with Gasteiger partial charge in [-0.05, 0) is 25.0 Å². The summed E-state index contributed by atoms with van der Waals surface area (Å²) < 4.78 is 0. The minimum absolute atomic E-state index is 0.00719. The molecule has 1 aliphatic rings. The van der Waals surface area contributed by atoms with E-state index in [4.69, 9.17) is 0 Å². The summed E-state index contributed by atoms with van der Waals surface area (Å²) in [5, 5.41) is 1.58. The van der Waals surface area contributed by atoms with Gasteiger partial charge in [0.1, 0.15) is 0 Å². The number of hydrazine groups is 1. The molecule has 0 fully saturated rings. The molecule has 0 spiro atoms. The van der Waals surface area contributed by atoms with Gasteiger partial charge >= 0.3 is 0 Å². The summed E-state index contributed by atoms with van der Waals surface area (Å²) in [6, 6.07) is 0. The number of hydrogen-bond acceptors (Lipinski definition) is 2. The molecule has 14 heavy (non-hydrogen) atoms. The standard InChI is InChI=1S/C11H16N2O/c1-4-5-6-11-9(2)7-8-12-13(11)10(3)14/h4-6,12H,1,7-8H2,2-3H3/b6-5-. The Morgan fingerprint density at radius 2 is 2.36 bits per heavy atom. The van der Waals surface area contributed by atoms with Crippen LogP contribution in [0.2, 0.25) is 0 Å². The molecule has 3 heteroatoms. The molecule has 1 aliphatic heterocycles. The van der Waals surface area contributed by atoms with E-state index < -0.39 is 0 Å². The lowest BCUT2D eigenvalue weighted by Gasteiger charge is -2.29. The van der Waals surface area contributed by atoms with Gasteiger partial charge in [0, 0.05) is 13.5 Å². The monoisotopic (exact) mass is 192 g/mol. The van der Waals surface area contributed by atoms with Crippen molar-refractivity contribution in [3.05, 3.63) is 36.1 Å². The number of carbonyl (C=O) groups excluding carboxylic acids is 1. The molecule has 0 radical (unpaired) electrons. The van der Waals surface area contributed by atoms with Gasteiger partial charge < -0.3 is 0 Å². The molecule has 1 N–H and O–H groups in total. The Morgan fingerprint density at radius 3 is 2.93 bits per heavy atom. The highest BCUT2D eigenvalue weighted by Crippen LogP contribution is 2.17. The predicted molar refractivity (Wildman–Crippen MR) is 57.2 cm³/mol. The second kappa shape index (κ2) is 4.77. The van der Waals surface area contributed by atoms with Crippen molar-refractivity contribution in [3.8, 4) is 0 Å². The average molecular weight is 192 g/mol. The number of carbonyl (C=O) groups is 1. The smallest absolute Gasteiger partial charge is 0.238 e. The molecule has 1 amide bonds. The largest absolute Gasteiger partial charge is 0.273 e. The van der Waals surface area contributed by atoms with Gasteiger partial charge in [0.25, 0.3) is 0 Å². The van der Waals surface area contributed by atoms with E-state index in [0.717, 1.165) is 18.7 Å². The second-order valence-electron chi connectivity index (χ2n) is 3.27. The number of allylic oxidation sites excluding steroid dienone is 3. The lowest BCUT2D eigenvalue weighted by Crippen LogP contribution is -2.44. The summed E-state index contributed by atoms with van der Waals surface area (Å²) in [4.78, 5) is 11.3. The fraction of sp³-hybridized carbons (Fsp3) is 0.364. The van der Waals surface area contributed by atoms with Crippen LogP contribution in [0.25, 0.3) is 0 Å². The molecule has 0 bridgehead atoms. The highest BCUT2D eigenvalue weighted by molar-refractivity contribution is 5.75. The fourth-order valence-corrected chi connectivity index (χ4v) is 1.42. The van der Waals surface area contributed by atoms with Gasteiger partial charge in [-0.25, -0.2) is 10.4 Å². The molecule has 76 valence electrons. The highest BCUT2D eigenvalue weighted by Gasteiger charge is 2.17. The van der Waals surface area contributed by atoms with Crippen LogP contribution in [-0.2, 0) is 4.79 Å². The van der Waals surface area contributed by atoms with Crippen LogP contribution in [0.5, 0.6) is 0 Å². The Labute approximate surface area is 84.8 Å². The van der Waals surface area contributed by atoms with E-state index in [-0.39, 0.29) is 5.91 Å². The predicted octanol–water partition coefficient (Wildman–Crippen LogP) is 1.76. The van der Waals surface area contributed by atoms with E-state index in [0.29, 0.717) is 0 Å². The van der Waals surface area contributed by atoms with Crippen LogP contribution in [-0.4, -0.2) is 17.5 Å². The molecular weight excluding hydrogens is 176 g/mol. The van der Waals surface area contributed by atoms with E-state index in [1.165, 1.54) is 5.57 Å². The first-order valence-electron chi connectivity index (χ1n) is 4.70. The first kappa shape index (κ1) is 10.7. The maximum atomic E-state index is 11.3. The van der Waals surface area contributed by atoms with E-state index >= 15 is 0 Å². The van der Waals surface area contributed by atoms with E-state index in [1.54, 1.807) is 18.0 Å². The van der Waals surface area contributed by atoms with Crippen molar-refractivity contribution in [3.63, 3.8) is 0 Å². The first-order chi connectivity index (χ1) is 6.66. The number of rotatable bonds is 2. The van der Waals surface area contributed by atoms with Gasteiger partial charge in [-0.15, -0.1) is 0 Å². The maximum absolute atomic E-state index is 11.3. The number of amides is 1. The summed E-state index contributed by atoms with van der Waals surface area (Å²) in [7, 11) is 0. The number of nitrogens with one attached hydrogen (secondary N) is 1. The Bertz CT molecular complexity index is 302. The molecule has 1 rings (SSSR count). The van der Waals surface area contributed by atoms with Crippen LogP contribution < -0.4 is 5.43 Å². The normalized spacial score (nSPS) is 17.7. The van der Waals surface area contributed by atoms with Crippen LogP contribution in [0.3, 0.4) is 0 Å². The van der Waals surface area contributed by atoms with Gasteiger partial charge in [-0.2, -0.15) is 0 Å². The van der Waals surface area contributed by atoms with Gasteiger partial charge in [-0.1, -0.05) is 18.7 Å². The lowest BCUT2D eigenvalue weighted by molar-refractivity contribution is -0.129. The van der Waals surface area contributed by atoms with Gasteiger partial charge in [-0.3, -0.25) is 4.79 Å². The van der Waals surface area contributed by atoms with Gasteiger partial charge in [0.05, 0.1) is 5.70 Å². The third kappa shape index (κ3) is 2.33. The summed E-state index contributed by atoms with van der Waals surface area (Å²) in [5.74, 6) is 0.00719. The van der Waals surface area contributed by atoms with E-state index in [1.807, 2.05) is 19.1 Å². The van der Waals surface area contributed by atoms with Crippen LogP contribution in [0, 0.1) is 0 Å². The summed E-state index contributed by atoms with van der Waals surface area (Å²) in [6.07, 6.45) is 6.41. The average Bonchev–Trinajstić information content (AvgIpc) is 2.15. The van der Waals surface area contributed by atoms with Gasteiger partial charge in [0.2, 0.25) is 5.91 Å². The van der Waals surface area contributed by atoms with Crippen LogP contribution in [0.1, 0.15) is 20.3 Å². The molecule has 3 nitrogen and oxygen atoms in total. The van der Waals surface area contributed by atoms with Gasteiger partial charge in [0.15, 0.2) is 0 Å². The van der Waals surface area contributed by atoms with E-state index in [9.17, 15) is 4.79 Å². The van der Waals surface area contributed by atoms with Crippen molar-refractivity contribution in [1.82, 2.24) is 10.4 Å². The third-order valence-corrected chi connectivity index (χ3v) is 2.15. The number of nitrogens with zero attached hydrogens (tertiary/aromatic N) is 1. The molecule has 0 saturated heterocycles. The zero-order valence-electron chi connectivity index (χ0n) is 8.71. The molecule has 0 aromatic rings. The Balaban J connectivity index is 2.96.